The maximum absolute atomic E-state index is 12.1. The molecular formula is C12H16BrClN2O2. The Morgan fingerprint density at radius 3 is 2.67 bits per heavy atom. The average molecular weight is 336 g/mol. The molecule has 6 heteroatoms. The molecule has 4 nitrogen and oxygen atoms in total. The lowest BCUT2D eigenvalue weighted by molar-refractivity contribution is 0.0817. The molecule has 0 aliphatic carbocycles. The average Bonchev–Trinajstić information content (AvgIpc) is 2.38. The Kier molecular flexibility index (Phi) is 5.56. The lowest BCUT2D eigenvalue weighted by Gasteiger charge is -2.30. The first-order valence-corrected chi connectivity index (χ1v) is 6.89. The Balaban J connectivity index is 2.97. The van der Waals surface area contributed by atoms with Crippen molar-refractivity contribution in [2.45, 2.75) is 32.2 Å². The van der Waals surface area contributed by atoms with Crippen molar-refractivity contribution < 1.29 is 9.90 Å². The highest BCUT2D eigenvalue weighted by molar-refractivity contribution is 9.10. The number of aliphatic hydroxyl groups excluding tert-OH is 1. The number of nitrogens with one attached hydrogen (secondary N) is 1. The minimum atomic E-state index is -0.608. The van der Waals surface area contributed by atoms with Crippen molar-refractivity contribution in [1.29, 1.82) is 0 Å². The van der Waals surface area contributed by atoms with Gasteiger partial charge in [-0.05, 0) is 34.8 Å². The fraction of sp³-hybridized carbons (Fsp3) is 0.500. The number of pyridine rings is 1. The Morgan fingerprint density at radius 1 is 1.56 bits per heavy atom. The van der Waals surface area contributed by atoms with Crippen molar-refractivity contribution in [3.8, 4) is 0 Å². The molecule has 2 N–H and O–H groups in total. The van der Waals surface area contributed by atoms with Gasteiger partial charge in [0.05, 0.1) is 17.7 Å². The molecule has 1 heterocycles. The van der Waals surface area contributed by atoms with Crippen LogP contribution in [0.25, 0.3) is 0 Å². The van der Waals surface area contributed by atoms with Gasteiger partial charge < -0.3 is 10.4 Å². The Hall–Kier alpha value is -0.650. The fourth-order valence-corrected chi connectivity index (χ4v) is 2.10. The van der Waals surface area contributed by atoms with Gasteiger partial charge in [-0.1, -0.05) is 25.4 Å². The van der Waals surface area contributed by atoms with Crippen LogP contribution < -0.4 is 5.32 Å². The molecule has 0 radical (unpaired) electrons. The molecule has 0 spiro atoms. The normalized spacial score (nSPS) is 11.4. The van der Waals surface area contributed by atoms with E-state index in [1.165, 1.54) is 6.20 Å². The smallest absolute Gasteiger partial charge is 0.254 e. The molecule has 1 rings (SSSR count). The van der Waals surface area contributed by atoms with Crippen molar-refractivity contribution in [2.75, 3.05) is 6.61 Å². The zero-order chi connectivity index (χ0) is 13.8. The number of nitrogens with zero attached hydrogens (tertiary/aromatic N) is 1. The summed E-state index contributed by atoms with van der Waals surface area (Å²) < 4.78 is 0.680. The van der Waals surface area contributed by atoms with Gasteiger partial charge in [-0.15, -0.1) is 0 Å². The zero-order valence-corrected chi connectivity index (χ0v) is 12.7. The fourth-order valence-electron chi connectivity index (χ4n) is 1.58. The number of amides is 1. The number of rotatable bonds is 5. The first-order valence-electron chi connectivity index (χ1n) is 5.72. The molecule has 18 heavy (non-hydrogen) atoms. The van der Waals surface area contributed by atoms with Gasteiger partial charge in [0.15, 0.2) is 0 Å². The van der Waals surface area contributed by atoms with Crippen LogP contribution in [0, 0.1) is 0 Å². The van der Waals surface area contributed by atoms with E-state index < -0.39 is 5.54 Å². The van der Waals surface area contributed by atoms with Gasteiger partial charge in [-0.25, -0.2) is 4.98 Å². The molecule has 0 atom stereocenters. The van der Waals surface area contributed by atoms with Crippen LogP contribution in [0.4, 0.5) is 0 Å². The standard InChI is InChI=1S/C12H16BrClN2O2/c1-3-12(4-2,7-17)16-11(18)9-5-8(13)6-15-10(9)14/h5-6,17H,3-4,7H2,1-2H3,(H,16,18). The minimum absolute atomic E-state index is 0.106. The predicted octanol–water partition coefficient (Wildman–Crippen LogP) is 2.78. The second-order valence-corrected chi connectivity index (χ2v) is 5.37. The second-order valence-electron chi connectivity index (χ2n) is 4.09. The van der Waals surface area contributed by atoms with Crippen LogP contribution in [0.5, 0.6) is 0 Å². The zero-order valence-electron chi connectivity index (χ0n) is 10.3. The summed E-state index contributed by atoms with van der Waals surface area (Å²) in [4.78, 5) is 16.0. The van der Waals surface area contributed by atoms with E-state index in [9.17, 15) is 9.90 Å². The Labute approximate surface area is 120 Å². The van der Waals surface area contributed by atoms with Crippen LogP contribution in [-0.2, 0) is 0 Å². The molecular weight excluding hydrogens is 320 g/mol. The summed E-state index contributed by atoms with van der Waals surface area (Å²) >= 11 is 9.14. The third-order valence-electron chi connectivity index (χ3n) is 3.09. The lowest BCUT2D eigenvalue weighted by Crippen LogP contribution is -2.50. The Bertz CT molecular complexity index is 428. The van der Waals surface area contributed by atoms with Crippen LogP contribution in [0.3, 0.4) is 0 Å². The summed E-state index contributed by atoms with van der Waals surface area (Å²) in [7, 11) is 0. The van der Waals surface area contributed by atoms with Gasteiger partial charge in [0.2, 0.25) is 0 Å². The number of halogens is 2. The van der Waals surface area contributed by atoms with Crippen LogP contribution >= 0.6 is 27.5 Å². The second kappa shape index (κ2) is 6.50. The largest absolute Gasteiger partial charge is 0.394 e. The molecule has 100 valence electrons. The van der Waals surface area contributed by atoms with E-state index in [1.807, 2.05) is 13.8 Å². The monoisotopic (exact) mass is 334 g/mol. The van der Waals surface area contributed by atoms with Gasteiger partial charge in [0, 0.05) is 10.7 Å². The van der Waals surface area contributed by atoms with E-state index in [0.29, 0.717) is 22.9 Å². The van der Waals surface area contributed by atoms with Crippen molar-refractivity contribution >= 4 is 33.4 Å². The van der Waals surface area contributed by atoms with Gasteiger partial charge in [-0.3, -0.25) is 4.79 Å². The van der Waals surface area contributed by atoms with E-state index in [-0.39, 0.29) is 17.7 Å². The van der Waals surface area contributed by atoms with Crippen molar-refractivity contribution in [3.05, 3.63) is 27.5 Å². The van der Waals surface area contributed by atoms with Gasteiger partial charge in [-0.2, -0.15) is 0 Å². The van der Waals surface area contributed by atoms with E-state index in [0.717, 1.165) is 0 Å². The molecule has 1 aromatic rings. The van der Waals surface area contributed by atoms with Crippen LogP contribution in [0.2, 0.25) is 5.15 Å². The number of carbonyl (C=O) groups is 1. The predicted molar refractivity (Wildman–Crippen MR) is 74.8 cm³/mol. The van der Waals surface area contributed by atoms with Crippen LogP contribution in [0.15, 0.2) is 16.7 Å². The van der Waals surface area contributed by atoms with Gasteiger partial charge in [0.25, 0.3) is 5.91 Å². The summed E-state index contributed by atoms with van der Waals surface area (Å²) in [6, 6.07) is 1.61. The molecule has 0 aliphatic heterocycles. The van der Waals surface area contributed by atoms with Crippen LogP contribution in [-0.4, -0.2) is 28.1 Å². The summed E-state index contributed by atoms with van der Waals surface area (Å²) in [6.07, 6.45) is 2.81. The van der Waals surface area contributed by atoms with Crippen molar-refractivity contribution in [2.24, 2.45) is 0 Å². The molecule has 0 aromatic carbocycles. The number of hydrogen-bond donors (Lipinski definition) is 2. The summed E-state index contributed by atoms with van der Waals surface area (Å²) in [6.45, 7) is 3.73. The molecule has 1 amide bonds. The molecule has 0 bridgehead atoms. The van der Waals surface area contributed by atoms with E-state index in [2.05, 4.69) is 26.2 Å². The Morgan fingerprint density at radius 2 is 2.17 bits per heavy atom. The summed E-state index contributed by atoms with van der Waals surface area (Å²) in [5.74, 6) is -0.327. The number of aromatic nitrogens is 1. The third kappa shape index (κ3) is 3.43. The summed E-state index contributed by atoms with van der Waals surface area (Å²) in [5.41, 5.74) is -0.311. The molecule has 1 aromatic heterocycles. The lowest BCUT2D eigenvalue weighted by atomic mass is 9.93. The summed E-state index contributed by atoms with van der Waals surface area (Å²) in [5, 5.41) is 12.4. The van der Waals surface area contributed by atoms with Crippen molar-refractivity contribution in [3.63, 3.8) is 0 Å². The van der Waals surface area contributed by atoms with Crippen LogP contribution in [0.1, 0.15) is 37.0 Å². The molecule has 0 aliphatic rings. The maximum atomic E-state index is 12.1. The first kappa shape index (κ1) is 15.4. The van der Waals surface area contributed by atoms with Crippen molar-refractivity contribution in [1.82, 2.24) is 10.3 Å². The highest BCUT2D eigenvalue weighted by atomic mass is 79.9. The highest BCUT2D eigenvalue weighted by Gasteiger charge is 2.28. The molecule has 0 saturated carbocycles. The topological polar surface area (TPSA) is 62.2 Å². The quantitative estimate of drug-likeness (QED) is 0.813. The van der Waals surface area contributed by atoms with E-state index in [1.54, 1.807) is 6.07 Å². The highest BCUT2D eigenvalue weighted by Crippen LogP contribution is 2.20. The SMILES string of the molecule is CCC(CC)(CO)NC(=O)c1cc(Br)cnc1Cl. The molecule has 0 unspecified atom stereocenters. The number of carbonyl (C=O) groups excluding carboxylic acids is 1. The van der Waals surface area contributed by atoms with Gasteiger partial charge in [0.1, 0.15) is 5.15 Å². The van der Waals surface area contributed by atoms with E-state index >= 15 is 0 Å². The van der Waals surface area contributed by atoms with E-state index in [4.69, 9.17) is 11.6 Å². The number of aliphatic hydroxyl groups is 1. The molecule has 0 fully saturated rings. The third-order valence-corrected chi connectivity index (χ3v) is 3.82. The maximum Gasteiger partial charge on any atom is 0.254 e. The first-order chi connectivity index (χ1) is 8.48. The number of hydrogen-bond acceptors (Lipinski definition) is 3. The van der Waals surface area contributed by atoms with Gasteiger partial charge >= 0.3 is 0 Å². The minimum Gasteiger partial charge on any atom is -0.394 e. The molecule has 0 saturated heterocycles.